The summed E-state index contributed by atoms with van der Waals surface area (Å²) in [7, 11) is 1.66. The second kappa shape index (κ2) is 12.6. The molecule has 1 aliphatic heterocycles. The van der Waals surface area contributed by atoms with Crippen molar-refractivity contribution in [1.82, 2.24) is 24.8 Å². The van der Waals surface area contributed by atoms with Gasteiger partial charge in [-0.05, 0) is 99.3 Å². The van der Waals surface area contributed by atoms with Crippen molar-refractivity contribution >= 4 is 28.6 Å². The minimum atomic E-state index is -0.255. The van der Waals surface area contributed by atoms with Gasteiger partial charge in [0.15, 0.2) is 11.5 Å². The van der Waals surface area contributed by atoms with Gasteiger partial charge in [0.1, 0.15) is 11.3 Å². The van der Waals surface area contributed by atoms with Crippen molar-refractivity contribution in [2.75, 3.05) is 44.0 Å². The molecule has 1 amide bonds. The van der Waals surface area contributed by atoms with Gasteiger partial charge in [-0.1, -0.05) is 24.3 Å². The molecule has 5 aromatic rings. The van der Waals surface area contributed by atoms with Crippen molar-refractivity contribution in [3.8, 4) is 28.3 Å². The molecule has 0 bridgehead atoms. The maximum absolute atomic E-state index is 13.7. The Hall–Kier alpha value is -4.64. The minimum absolute atomic E-state index is 0.00578. The smallest absolute Gasteiger partial charge is 0.230 e. The molecule has 4 heterocycles. The number of amides is 1. The lowest BCUT2D eigenvalue weighted by Gasteiger charge is -2.38. The van der Waals surface area contributed by atoms with Crippen LogP contribution in [0.25, 0.3) is 39.5 Å². The maximum atomic E-state index is 13.7. The predicted octanol–water partition coefficient (Wildman–Crippen LogP) is 5.05. The third kappa shape index (κ3) is 5.64. The molecule has 1 saturated carbocycles. The van der Waals surface area contributed by atoms with E-state index in [1.54, 1.807) is 13.3 Å². The average molecular weight is 617 g/mol. The molecule has 1 saturated heterocycles. The van der Waals surface area contributed by atoms with Gasteiger partial charge < -0.3 is 26.4 Å². The first kappa shape index (κ1) is 30.0. The fourth-order valence-corrected chi connectivity index (χ4v) is 6.61. The van der Waals surface area contributed by atoms with E-state index in [1.165, 1.54) is 0 Å². The number of hydrogen-bond acceptors (Lipinski definition) is 8. The molecule has 7 rings (SSSR count). The number of fused-ring (bicyclic) bond motifs is 1. The van der Waals surface area contributed by atoms with Crippen LogP contribution in [0.5, 0.6) is 0 Å². The quantitative estimate of drug-likeness (QED) is 0.209. The normalized spacial score (nSPS) is 16.3. The molecule has 10 heteroatoms. The zero-order valence-corrected chi connectivity index (χ0v) is 26.2. The Morgan fingerprint density at radius 3 is 2.57 bits per heavy atom. The number of pyridine rings is 2. The van der Waals surface area contributed by atoms with Crippen LogP contribution in [0.1, 0.15) is 37.7 Å². The molecule has 2 fully saturated rings. The van der Waals surface area contributed by atoms with Crippen molar-refractivity contribution in [2.45, 2.75) is 37.6 Å². The van der Waals surface area contributed by atoms with Crippen LogP contribution in [0.15, 0.2) is 79.0 Å². The summed E-state index contributed by atoms with van der Waals surface area (Å²) in [5, 5.41) is 3.36. The molecule has 0 unspecified atom stereocenters. The molecule has 1 aliphatic carbocycles. The highest BCUT2D eigenvalue weighted by atomic mass is 16.5. The van der Waals surface area contributed by atoms with E-state index in [9.17, 15) is 4.79 Å². The molecule has 5 N–H and O–H groups in total. The minimum Gasteiger partial charge on any atom is -0.383 e. The second-order valence-electron chi connectivity index (χ2n) is 12.4. The lowest BCUT2D eigenvalue weighted by atomic mass is 9.73. The van der Waals surface area contributed by atoms with Crippen LogP contribution in [-0.4, -0.2) is 58.8 Å². The third-order valence-electron chi connectivity index (χ3n) is 9.46. The number of carbonyl (C=O) groups is 1. The lowest BCUT2D eigenvalue weighted by molar-refractivity contribution is -0.123. The molecule has 2 aromatic carbocycles. The molecule has 3 aromatic heterocycles. The van der Waals surface area contributed by atoms with Crippen LogP contribution in [0.2, 0.25) is 0 Å². The summed E-state index contributed by atoms with van der Waals surface area (Å²) in [5.41, 5.74) is 19.5. The largest absolute Gasteiger partial charge is 0.383 e. The number of rotatable bonds is 9. The molecular weight excluding hydrogens is 576 g/mol. The van der Waals surface area contributed by atoms with E-state index in [4.69, 9.17) is 26.2 Å². The number of hydrogen-bond donors (Lipinski definition) is 3. The average Bonchev–Trinajstić information content (AvgIpc) is 3.46. The zero-order valence-electron chi connectivity index (χ0n) is 26.2. The van der Waals surface area contributed by atoms with Crippen LogP contribution in [-0.2, 0) is 15.1 Å². The topological polar surface area (TPSA) is 137 Å². The highest BCUT2D eigenvalue weighted by Crippen LogP contribution is 2.39. The predicted molar refractivity (Wildman–Crippen MR) is 181 cm³/mol. The maximum Gasteiger partial charge on any atom is 0.230 e. The van der Waals surface area contributed by atoms with Gasteiger partial charge in [0.2, 0.25) is 5.91 Å². The number of methoxy groups -OCH3 is 1. The fraction of sp³-hybridized carbons (Fsp3) is 0.333. The van der Waals surface area contributed by atoms with E-state index in [-0.39, 0.29) is 17.4 Å². The van der Waals surface area contributed by atoms with Crippen molar-refractivity contribution in [3.05, 3.63) is 84.6 Å². The summed E-state index contributed by atoms with van der Waals surface area (Å²) >= 11 is 0. The number of imidazole rings is 1. The van der Waals surface area contributed by atoms with Crippen LogP contribution in [0.4, 0.5) is 11.5 Å². The number of anilines is 2. The van der Waals surface area contributed by atoms with Gasteiger partial charge in [-0.2, -0.15) is 0 Å². The molecule has 236 valence electrons. The summed E-state index contributed by atoms with van der Waals surface area (Å²) in [6, 6.07) is 24.1. The first-order valence-corrected chi connectivity index (χ1v) is 16.1. The lowest BCUT2D eigenvalue weighted by Crippen LogP contribution is -2.43. The van der Waals surface area contributed by atoms with E-state index < -0.39 is 0 Å². The Bertz CT molecular complexity index is 1860. The summed E-state index contributed by atoms with van der Waals surface area (Å²) in [6.45, 7) is 2.65. The SMILES string of the molecule is COCCN(C(=O)C1CCNCC1)c1cccc(-c2ccc3nc(-c4cccnc4N)n(-c4ccc(C5(N)CCC5)cc4)c3n2)c1. The molecule has 10 nitrogen and oxygen atoms in total. The Balaban J connectivity index is 1.31. The van der Waals surface area contributed by atoms with Gasteiger partial charge in [-0.3, -0.25) is 9.36 Å². The molecular formula is C36H40N8O2. The number of carbonyl (C=O) groups excluding carboxylic acids is 1. The standard InChI is InChI=1S/C36H40N8O2/c1-46-22-21-43(35(45)24-14-19-39-20-15-24)28-6-2-5-25(23-28)30-12-13-31-34(41-30)44(33(42-31)29-7-3-18-40-32(29)37)27-10-8-26(9-11-27)36(38)16-4-17-36/h2-3,5-13,18,23-24,39H,4,14-17,19-22,38H2,1H3,(H2,37,40). The Kier molecular flexibility index (Phi) is 8.25. The molecule has 0 radical (unpaired) electrons. The van der Waals surface area contributed by atoms with Gasteiger partial charge in [0, 0.05) is 48.2 Å². The molecule has 0 atom stereocenters. The van der Waals surface area contributed by atoms with Gasteiger partial charge in [0.25, 0.3) is 0 Å². The summed E-state index contributed by atoms with van der Waals surface area (Å²) in [6.07, 6.45) is 6.49. The van der Waals surface area contributed by atoms with Gasteiger partial charge in [-0.15, -0.1) is 0 Å². The molecule has 2 aliphatic rings. The Morgan fingerprint density at radius 2 is 1.85 bits per heavy atom. The van der Waals surface area contributed by atoms with Gasteiger partial charge in [-0.25, -0.2) is 15.0 Å². The number of benzene rings is 2. The van der Waals surface area contributed by atoms with Crippen LogP contribution in [0, 0.1) is 5.92 Å². The zero-order chi connectivity index (χ0) is 31.7. The van der Waals surface area contributed by atoms with Gasteiger partial charge >= 0.3 is 0 Å². The Morgan fingerprint density at radius 1 is 1.04 bits per heavy atom. The van der Waals surface area contributed by atoms with Crippen LogP contribution in [0.3, 0.4) is 0 Å². The van der Waals surface area contributed by atoms with E-state index in [0.29, 0.717) is 30.4 Å². The number of ether oxygens (including phenoxy) is 1. The van der Waals surface area contributed by atoms with Crippen molar-refractivity contribution < 1.29 is 9.53 Å². The van der Waals surface area contributed by atoms with Crippen molar-refractivity contribution in [2.24, 2.45) is 11.7 Å². The number of nitrogen functional groups attached to an aromatic ring is 1. The number of nitrogens with zero attached hydrogens (tertiary/aromatic N) is 5. The monoisotopic (exact) mass is 616 g/mol. The number of piperidine rings is 1. The third-order valence-corrected chi connectivity index (χ3v) is 9.46. The molecule has 46 heavy (non-hydrogen) atoms. The number of nitrogens with two attached hydrogens (primary N) is 2. The van der Waals surface area contributed by atoms with Gasteiger partial charge in [0.05, 0.1) is 17.9 Å². The van der Waals surface area contributed by atoms with Crippen LogP contribution < -0.4 is 21.7 Å². The van der Waals surface area contributed by atoms with E-state index in [2.05, 4.69) is 34.6 Å². The summed E-state index contributed by atoms with van der Waals surface area (Å²) in [4.78, 5) is 30.1. The fourth-order valence-electron chi connectivity index (χ4n) is 6.61. The highest BCUT2D eigenvalue weighted by molar-refractivity contribution is 5.96. The number of aromatic nitrogens is 4. The van der Waals surface area contributed by atoms with E-state index in [1.807, 2.05) is 58.0 Å². The first-order chi connectivity index (χ1) is 22.4. The molecule has 0 spiro atoms. The number of nitrogens with one attached hydrogen (secondary N) is 1. The highest BCUT2D eigenvalue weighted by Gasteiger charge is 2.34. The van der Waals surface area contributed by atoms with Crippen molar-refractivity contribution in [1.29, 1.82) is 0 Å². The summed E-state index contributed by atoms with van der Waals surface area (Å²) < 4.78 is 7.42. The Labute approximate surface area is 268 Å². The summed E-state index contributed by atoms with van der Waals surface area (Å²) in [5.74, 6) is 1.19. The van der Waals surface area contributed by atoms with E-state index >= 15 is 0 Å². The second-order valence-corrected chi connectivity index (χ2v) is 12.4. The van der Waals surface area contributed by atoms with E-state index in [0.717, 1.165) is 84.5 Å². The van der Waals surface area contributed by atoms with Crippen LogP contribution >= 0.6 is 0 Å². The first-order valence-electron chi connectivity index (χ1n) is 16.1. The van der Waals surface area contributed by atoms with Crippen molar-refractivity contribution in [3.63, 3.8) is 0 Å².